The Balaban J connectivity index is 2.87. The maximum Gasteiger partial charge on any atom is 0.254 e. The minimum atomic E-state index is -0.579. The van der Waals surface area contributed by atoms with Crippen molar-refractivity contribution in [1.29, 1.82) is 0 Å². The van der Waals surface area contributed by atoms with E-state index >= 15 is 0 Å². The zero-order valence-electron chi connectivity index (χ0n) is 13.0. The number of benzene rings is 1. The summed E-state index contributed by atoms with van der Waals surface area (Å²) in [7, 11) is 0. The van der Waals surface area contributed by atoms with Gasteiger partial charge in [-0.15, -0.1) is 0 Å². The summed E-state index contributed by atoms with van der Waals surface area (Å²) in [6, 6.07) is 4.09. The number of hydrogen-bond acceptors (Lipinski definition) is 2. The SMILES string of the molecule is CC(C)C(C)(C)CNC(=O)c1cc(C#CCO)ccc1F. The Labute approximate surface area is 125 Å². The molecule has 1 aromatic carbocycles. The van der Waals surface area contributed by atoms with Gasteiger partial charge in [0.2, 0.25) is 0 Å². The second kappa shape index (κ2) is 7.24. The van der Waals surface area contributed by atoms with E-state index in [4.69, 9.17) is 5.11 Å². The largest absolute Gasteiger partial charge is 0.384 e. The first kappa shape index (κ1) is 17.2. The van der Waals surface area contributed by atoms with Gasteiger partial charge in [-0.25, -0.2) is 4.39 Å². The number of aliphatic hydroxyl groups excluding tert-OH is 1. The summed E-state index contributed by atoms with van der Waals surface area (Å²) in [6.45, 7) is 8.46. The first-order valence-corrected chi connectivity index (χ1v) is 6.95. The summed E-state index contributed by atoms with van der Waals surface area (Å²) in [5, 5.41) is 11.4. The zero-order chi connectivity index (χ0) is 16.0. The standard InChI is InChI=1S/C17H22FNO2/c1-12(2)17(3,4)11-19-16(21)14-10-13(6-5-9-20)7-8-15(14)18/h7-8,10,12,20H,9,11H2,1-4H3,(H,19,21). The summed E-state index contributed by atoms with van der Waals surface area (Å²) >= 11 is 0. The number of halogens is 1. The molecule has 0 unspecified atom stereocenters. The molecule has 0 radical (unpaired) electrons. The highest BCUT2D eigenvalue weighted by Crippen LogP contribution is 2.24. The van der Waals surface area contributed by atoms with Crippen molar-refractivity contribution in [2.45, 2.75) is 27.7 Å². The number of carbonyl (C=O) groups is 1. The van der Waals surface area contributed by atoms with Crippen molar-refractivity contribution in [2.24, 2.45) is 11.3 Å². The van der Waals surface area contributed by atoms with Crippen molar-refractivity contribution in [3.63, 3.8) is 0 Å². The fourth-order valence-electron chi connectivity index (χ4n) is 1.53. The first-order valence-electron chi connectivity index (χ1n) is 6.95. The Morgan fingerprint density at radius 1 is 1.43 bits per heavy atom. The van der Waals surface area contributed by atoms with E-state index in [1.54, 1.807) is 0 Å². The highest BCUT2D eigenvalue weighted by molar-refractivity contribution is 5.94. The molecule has 0 aliphatic rings. The lowest BCUT2D eigenvalue weighted by atomic mass is 9.81. The van der Waals surface area contributed by atoms with Crippen molar-refractivity contribution in [3.8, 4) is 11.8 Å². The molecule has 3 nitrogen and oxygen atoms in total. The van der Waals surface area contributed by atoms with E-state index in [1.807, 2.05) is 0 Å². The molecule has 0 heterocycles. The summed E-state index contributed by atoms with van der Waals surface area (Å²) < 4.78 is 13.8. The maximum atomic E-state index is 13.8. The molecule has 1 aromatic rings. The lowest BCUT2D eigenvalue weighted by Crippen LogP contribution is -2.37. The number of carbonyl (C=O) groups excluding carboxylic acids is 1. The van der Waals surface area contributed by atoms with E-state index in [9.17, 15) is 9.18 Å². The highest BCUT2D eigenvalue weighted by Gasteiger charge is 2.23. The van der Waals surface area contributed by atoms with Gasteiger partial charge in [0, 0.05) is 12.1 Å². The average Bonchev–Trinajstić information content (AvgIpc) is 2.43. The van der Waals surface area contributed by atoms with Gasteiger partial charge in [0.05, 0.1) is 5.56 Å². The van der Waals surface area contributed by atoms with Crippen molar-refractivity contribution >= 4 is 5.91 Å². The maximum absolute atomic E-state index is 13.8. The van der Waals surface area contributed by atoms with Crippen LogP contribution in [0.3, 0.4) is 0 Å². The van der Waals surface area contributed by atoms with Crippen LogP contribution in [0, 0.1) is 29.0 Å². The monoisotopic (exact) mass is 291 g/mol. The predicted molar refractivity (Wildman–Crippen MR) is 81.3 cm³/mol. The van der Waals surface area contributed by atoms with Crippen LogP contribution in [-0.4, -0.2) is 24.2 Å². The normalized spacial score (nSPS) is 11.0. The Kier molecular flexibility index (Phi) is 5.92. The third-order valence-electron chi connectivity index (χ3n) is 3.79. The number of amides is 1. The van der Waals surface area contributed by atoms with Gasteiger partial charge in [-0.1, -0.05) is 39.5 Å². The van der Waals surface area contributed by atoms with Gasteiger partial charge < -0.3 is 10.4 Å². The van der Waals surface area contributed by atoms with Crippen LogP contribution in [0.15, 0.2) is 18.2 Å². The molecule has 0 fully saturated rings. The molecule has 0 aromatic heterocycles. The molecule has 0 aliphatic carbocycles. The zero-order valence-corrected chi connectivity index (χ0v) is 13.0. The van der Waals surface area contributed by atoms with Gasteiger partial charge >= 0.3 is 0 Å². The Hall–Kier alpha value is -1.86. The average molecular weight is 291 g/mol. The summed E-state index contributed by atoms with van der Waals surface area (Å²) in [4.78, 5) is 12.1. The Morgan fingerprint density at radius 3 is 2.67 bits per heavy atom. The lowest BCUT2D eigenvalue weighted by Gasteiger charge is -2.29. The molecule has 0 bridgehead atoms. The van der Waals surface area contributed by atoms with Gasteiger partial charge in [-0.3, -0.25) is 4.79 Å². The Bertz CT molecular complexity index is 568. The molecule has 1 rings (SSSR count). The van der Waals surface area contributed by atoms with Crippen LogP contribution in [-0.2, 0) is 0 Å². The second-order valence-corrected chi connectivity index (χ2v) is 5.98. The number of hydrogen-bond donors (Lipinski definition) is 2. The quantitative estimate of drug-likeness (QED) is 0.838. The first-order chi connectivity index (χ1) is 9.77. The van der Waals surface area contributed by atoms with Crippen LogP contribution >= 0.6 is 0 Å². The van der Waals surface area contributed by atoms with Gasteiger partial charge in [-0.05, 0) is 29.5 Å². The van der Waals surface area contributed by atoms with Crippen molar-refractivity contribution in [2.75, 3.05) is 13.2 Å². The summed E-state index contributed by atoms with van der Waals surface area (Å²) in [6.07, 6.45) is 0. The molecule has 114 valence electrons. The fourth-order valence-corrected chi connectivity index (χ4v) is 1.53. The van der Waals surface area contributed by atoms with Crippen LogP contribution in [0.1, 0.15) is 43.6 Å². The summed E-state index contributed by atoms with van der Waals surface area (Å²) in [5.41, 5.74) is 0.401. The van der Waals surface area contributed by atoms with Crippen LogP contribution in [0.5, 0.6) is 0 Å². The number of aliphatic hydroxyl groups is 1. The summed E-state index contributed by atoms with van der Waals surface area (Å²) in [5.74, 6) is 4.50. The molecule has 21 heavy (non-hydrogen) atoms. The highest BCUT2D eigenvalue weighted by atomic mass is 19.1. The number of rotatable bonds is 4. The lowest BCUT2D eigenvalue weighted by molar-refractivity contribution is 0.0920. The minimum absolute atomic E-state index is 0.0284. The van der Waals surface area contributed by atoms with Gasteiger partial charge in [-0.2, -0.15) is 0 Å². The van der Waals surface area contributed by atoms with Crippen molar-refractivity contribution in [1.82, 2.24) is 5.32 Å². The van der Waals surface area contributed by atoms with Crippen molar-refractivity contribution < 1.29 is 14.3 Å². The molecule has 0 spiro atoms. The van der Waals surface area contributed by atoms with Gasteiger partial charge in [0.1, 0.15) is 12.4 Å². The van der Waals surface area contributed by atoms with E-state index in [1.165, 1.54) is 18.2 Å². The van der Waals surface area contributed by atoms with Crippen LogP contribution in [0.4, 0.5) is 4.39 Å². The van der Waals surface area contributed by atoms with Crippen LogP contribution in [0.25, 0.3) is 0 Å². The molecule has 0 saturated heterocycles. The van der Waals surface area contributed by atoms with E-state index in [-0.39, 0.29) is 17.6 Å². The van der Waals surface area contributed by atoms with E-state index in [0.29, 0.717) is 18.0 Å². The predicted octanol–water partition coefficient (Wildman–Crippen LogP) is 2.58. The molecule has 1 amide bonds. The smallest absolute Gasteiger partial charge is 0.254 e. The molecule has 0 atom stereocenters. The molecule has 0 aliphatic heterocycles. The molecular formula is C17H22FNO2. The fraction of sp³-hybridized carbons (Fsp3) is 0.471. The third kappa shape index (κ3) is 4.87. The van der Waals surface area contributed by atoms with Crippen LogP contribution in [0.2, 0.25) is 0 Å². The third-order valence-corrected chi connectivity index (χ3v) is 3.79. The molecule has 0 saturated carbocycles. The minimum Gasteiger partial charge on any atom is -0.384 e. The molecular weight excluding hydrogens is 269 g/mol. The second-order valence-electron chi connectivity index (χ2n) is 5.98. The Morgan fingerprint density at radius 2 is 2.10 bits per heavy atom. The molecule has 2 N–H and O–H groups in total. The van der Waals surface area contributed by atoms with E-state index < -0.39 is 11.7 Å². The topological polar surface area (TPSA) is 49.3 Å². The van der Waals surface area contributed by atoms with Gasteiger partial charge in [0.25, 0.3) is 5.91 Å². The van der Waals surface area contributed by atoms with Crippen LogP contribution < -0.4 is 5.32 Å². The van der Waals surface area contributed by atoms with E-state index in [0.717, 1.165) is 0 Å². The van der Waals surface area contributed by atoms with Crippen molar-refractivity contribution in [3.05, 3.63) is 35.1 Å². The number of nitrogens with one attached hydrogen (secondary N) is 1. The van der Waals surface area contributed by atoms with Gasteiger partial charge in [0.15, 0.2) is 0 Å². The van der Waals surface area contributed by atoms with E-state index in [2.05, 4.69) is 44.9 Å². The molecule has 4 heteroatoms.